The Morgan fingerprint density at radius 2 is 2.20 bits per heavy atom. The van der Waals surface area contributed by atoms with Gasteiger partial charge in [0.05, 0.1) is 6.42 Å². The average molecular weight is 301 g/mol. The summed E-state index contributed by atoms with van der Waals surface area (Å²) in [6, 6.07) is 6.44. The molecular formula is C15H22ClFN2O. The van der Waals surface area contributed by atoms with Crippen LogP contribution in [-0.4, -0.2) is 18.5 Å². The summed E-state index contributed by atoms with van der Waals surface area (Å²) >= 11 is 0. The zero-order valence-corrected chi connectivity index (χ0v) is 12.3. The largest absolute Gasteiger partial charge is 0.356 e. The summed E-state index contributed by atoms with van der Waals surface area (Å²) in [7, 11) is 0. The lowest BCUT2D eigenvalue weighted by Gasteiger charge is -2.26. The maximum absolute atomic E-state index is 13.0. The van der Waals surface area contributed by atoms with Crippen molar-refractivity contribution in [2.24, 2.45) is 11.7 Å². The van der Waals surface area contributed by atoms with E-state index in [0.29, 0.717) is 18.0 Å². The summed E-state index contributed by atoms with van der Waals surface area (Å²) < 4.78 is 13.0. The second-order valence-electron chi connectivity index (χ2n) is 5.40. The van der Waals surface area contributed by atoms with Gasteiger partial charge in [0.1, 0.15) is 5.82 Å². The molecule has 5 heteroatoms. The lowest BCUT2D eigenvalue weighted by Crippen LogP contribution is -2.36. The van der Waals surface area contributed by atoms with Crippen LogP contribution >= 0.6 is 12.4 Å². The third-order valence-electron chi connectivity index (χ3n) is 3.66. The molecule has 0 radical (unpaired) electrons. The Balaban J connectivity index is 0.00000200. The Morgan fingerprint density at radius 1 is 1.40 bits per heavy atom. The van der Waals surface area contributed by atoms with Gasteiger partial charge in [0.25, 0.3) is 0 Å². The van der Waals surface area contributed by atoms with Crippen molar-refractivity contribution in [2.45, 2.75) is 38.1 Å². The van der Waals surface area contributed by atoms with Gasteiger partial charge >= 0.3 is 0 Å². The lowest BCUT2D eigenvalue weighted by atomic mass is 9.86. The highest BCUT2D eigenvalue weighted by atomic mass is 35.5. The fraction of sp³-hybridized carbons (Fsp3) is 0.533. The molecule has 1 aliphatic carbocycles. The normalized spacial score (nSPS) is 21.9. The molecule has 112 valence electrons. The number of halogens is 2. The van der Waals surface area contributed by atoms with Crippen LogP contribution in [0.25, 0.3) is 0 Å². The predicted octanol–water partition coefficient (Wildman–Crippen LogP) is 2.42. The first-order valence-electron chi connectivity index (χ1n) is 6.90. The van der Waals surface area contributed by atoms with Crippen molar-refractivity contribution in [3.8, 4) is 0 Å². The maximum atomic E-state index is 13.0. The minimum atomic E-state index is -0.302. The fourth-order valence-corrected chi connectivity index (χ4v) is 2.67. The third-order valence-corrected chi connectivity index (χ3v) is 3.66. The molecule has 2 rings (SSSR count). The highest BCUT2D eigenvalue weighted by molar-refractivity contribution is 5.85. The maximum Gasteiger partial charge on any atom is 0.224 e. The standard InChI is InChI=1S/C15H21FN2O.ClH/c16-13-5-1-3-11(7-13)9-15(19)18-10-12-4-2-6-14(17)8-12;/h1,3,5,7,12,14H,2,4,6,8-10,17H2,(H,18,19);1H. The van der Waals surface area contributed by atoms with Crippen LogP contribution in [0.3, 0.4) is 0 Å². The molecule has 0 heterocycles. The molecule has 20 heavy (non-hydrogen) atoms. The monoisotopic (exact) mass is 300 g/mol. The first kappa shape index (κ1) is 16.9. The summed E-state index contributed by atoms with van der Waals surface area (Å²) in [5, 5.41) is 2.92. The summed E-state index contributed by atoms with van der Waals surface area (Å²) in [6.07, 6.45) is 4.59. The predicted molar refractivity (Wildman–Crippen MR) is 80.3 cm³/mol. The number of carbonyl (C=O) groups excluding carboxylic acids is 1. The topological polar surface area (TPSA) is 55.1 Å². The molecule has 2 unspecified atom stereocenters. The van der Waals surface area contributed by atoms with Crippen LogP contribution in [0.1, 0.15) is 31.2 Å². The zero-order chi connectivity index (χ0) is 13.7. The minimum absolute atomic E-state index is 0. The van der Waals surface area contributed by atoms with E-state index in [0.717, 1.165) is 25.7 Å². The van der Waals surface area contributed by atoms with E-state index in [9.17, 15) is 9.18 Å². The Labute approximate surface area is 125 Å². The van der Waals surface area contributed by atoms with E-state index in [2.05, 4.69) is 5.32 Å². The molecule has 0 saturated heterocycles. The van der Waals surface area contributed by atoms with Crippen LogP contribution in [-0.2, 0) is 11.2 Å². The van der Waals surface area contributed by atoms with Gasteiger partial charge in [-0.05, 0) is 42.9 Å². The summed E-state index contributed by atoms with van der Waals surface area (Å²) in [4.78, 5) is 11.8. The minimum Gasteiger partial charge on any atom is -0.356 e. The van der Waals surface area contributed by atoms with Gasteiger partial charge in [0.2, 0.25) is 5.91 Å². The molecule has 3 N–H and O–H groups in total. The van der Waals surface area contributed by atoms with E-state index in [1.54, 1.807) is 12.1 Å². The number of nitrogens with two attached hydrogens (primary N) is 1. The van der Waals surface area contributed by atoms with Gasteiger partial charge < -0.3 is 11.1 Å². The van der Waals surface area contributed by atoms with E-state index in [1.165, 1.54) is 12.1 Å². The molecule has 1 aromatic rings. The number of benzene rings is 1. The first-order valence-corrected chi connectivity index (χ1v) is 6.90. The molecule has 1 amide bonds. The second kappa shape index (κ2) is 8.22. The Hall–Kier alpha value is -1.13. The van der Waals surface area contributed by atoms with Crippen LogP contribution in [0.15, 0.2) is 24.3 Å². The lowest BCUT2D eigenvalue weighted by molar-refractivity contribution is -0.120. The van der Waals surface area contributed by atoms with Gasteiger partial charge in [-0.15, -0.1) is 12.4 Å². The smallest absolute Gasteiger partial charge is 0.224 e. The van der Waals surface area contributed by atoms with Gasteiger partial charge in [-0.2, -0.15) is 0 Å². The van der Waals surface area contributed by atoms with Gasteiger partial charge in [-0.25, -0.2) is 4.39 Å². The molecule has 1 saturated carbocycles. The molecule has 1 aliphatic rings. The van der Waals surface area contributed by atoms with Crippen molar-refractivity contribution in [1.29, 1.82) is 0 Å². The summed E-state index contributed by atoms with van der Waals surface area (Å²) in [6.45, 7) is 0.682. The molecule has 0 bridgehead atoms. The van der Waals surface area contributed by atoms with Crippen LogP contribution in [0.5, 0.6) is 0 Å². The first-order chi connectivity index (χ1) is 9.13. The van der Waals surface area contributed by atoms with E-state index < -0.39 is 0 Å². The molecule has 0 aromatic heterocycles. The number of rotatable bonds is 4. The Morgan fingerprint density at radius 3 is 2.90 bits per heavy atom. The molecule has 3 nitrogen and oxygen atoms in total. The highest BCUT2D eigenvalue weighted by Gasteiger charge is 2.19. The number of amides is 1. The molecule has 1 fully saturated rings. The highest BCUT2D eigenvalue weighted by Crippen LogP contribution is 2.22. The van der Waals surface area contributed by atoms with Gasteiger partial charge in [0.15, 0.2) is 0 Å². The second-order valence-corrected chi connectivity index (χ2v) is 5.40. The molecule has 0 aliphatic heterocycles. The number of hydrogen-bond donors (Lipinski definition) is 2. The number of carbonyl (C=O) groups is 1. The van der Waals surface area contributed by atoms with Crippen molar-refractivity contribution in [3.63, 3.8) is 0 Å². The van der Waals surface area contributed by atoms with Crippen molar-refractivity contribution in [3.05, 3.63) is 35.6 Å². The van der Waals surface area contributed by atoms with Crippen molar-refractivity contribution < 1.29 is 9.18 Å². The van der Waals surface area contributed by atoms with Crippen molar-refractivity contribution in [1.82, 2.24) is 5.32 Å². The number of hydrogen-bond acceptors (Lipinski definition) is 2. The zero-order valence-electron chi connectivity index (χ0n) is 11.5. The fourth-order valence-electron chi connectivity index (χ4n) is 2.67. The van der Waals surface area contributed by atoms with Crippen molar-refractivity contribution >= 4 is 18.3 Å². The van der Waals surface area contributed by atoms with Crippen LogP contribution in [0.4, 0.5) is 4.39 Å². The Bertz CT molecular complexity index is 442. The SMILES string of the molecule is Cl.NC1CCCC(CNC(=O)Cc2cccc(F)c2)C1. The third kappa shape index (κ3) is 5.47. The molecule has 2 atom stereocenters. The molecule has 0 spiro atoms. The van der Waals surface area contributed by atoms with Crippen molar-refractivity contribution in [2.75, 3.05) is 6.54 Å². The summed E-state index contributed by atoms with van der Waals surface area (Å²) in [5.74, 6) is 0.133. The van der Waals surface area contributed by atoms with E-state index in [4.69, 9.17) is 5.73 Å². The summed E-state index contributed by atoms with van der Waals surface area (Å²) in [5.41, 5.74) is 6.62. The molecular weight excluding hydrogens is 279 g/mol. The average Bonchev–Trinajstić information content (AvgIpc) is 2.36. The number of nitrogens with one attached hydrogen (secondary N) is 1. The van der Waals surface area contributed by atoms with E-state index in [-0.39, 0.29) is 36.6 Å². The van der Waals surface area contributed by atoms with Crippen LogP contribution < -0.4 is 11.1 Å². The van der Waals surface area contributed by atoms with Gasteiger partial charge in [-0.1, -0.05) is 18.6 Å². The quantitative estimate of drug-likeness (QED) is 0.897. The van der Waals surface area contributed by atoms with Gasteiger partial charge in [-0.3, -0.25) is 4.79 Å². The van der Waals surface area contributed by atoms with Crippen LogP contribution in [0.2, 0.25) is 0 Å². The van der Waals surface area contributed by atoms with Crippen LogP contribution in [0, 0.1) is 11.7 Å². The van der Waals surface area contributed by atoms with Gasteiger partial charge in [0, 0.05) is 12.6 Å². The van der Waals surface area contributed by atoms with E-state index >= 15 is 0 Å². The molecule has 1 aromatic carbocycles. The Kier molecular flexibility index (Phi) is 6.96. The van der Waals surface area contributed by atoms with E-state index in [1.807, 2.05) is 0 Å².